The van der Waals surface area contributed by atoms with Crippen LogP contribution in [0.2, 0.25) is 0 Å². The maximum atomic E-state index is 12.1. The second kappa shape index (κ2) is 9.27. The smallest absolute Gasteiger partial charge is 0.168 e. The van der Waals surface area contributed by atoms with Gasteiger partial charge in [0.2, 0.25) is 0 Å². The second-order valence-electron chi connectivity index (χ2n) is 5.65. The van der Waals surface area contributed by atoms with E-state index in [0.29, 0.717) is 6.54 Å². The fraction of sp³-hybridized carbons (Fsp3) is 0.278. The molecule has 0 aliphatic rings. The van der Waals surface area contributed by atoms with E-state index in [9.17, 15) is 20.1 Å². The number of aromatic hydroxyl groups is 2. The Morgan fingerprint density at radius 3 is 2.25 bits per heavy atom. The number of aliphatic hydroxyl groups excluding tert-OH is 1. The van der Waals surface area contributed by atoms with E-state index < -0.39 is 6.10 Å². The van der Waals surface area contributed by atoms with Crippen molar-refractivity contribution in [2.75, 3.05) is 6.54 Å². The van der Waals surface area contributed by atoms with Crippen molar-refractivity contribution in [2.45, 2.75) is 25.5 Å². The third-order valence-corrected chi connectivity index (χ3v) is 3.77. The van der Waals surface area contributed by atoms with Crippen LogP contribution in [0.5, 0.6) is 11.5 Å². The van der Waals surface area contributed by atoms with Crippen molar-refractivity contribution in [1.82, 2.24) is 0 Å². The third kappa shape index (κ3) is 5.53. The Balaban J connectivity index is 0.00000288. The molecule has 0 aliphatic carbocycles. The summed E-state index contributed by atoms with van der Waals surface area (Å²) in [6.07, 6.45) is -0.342. The number of aliphatic hydroxyl groups is 1. The summed E-state index contributed by atoms with van der Waals surface area (Å²) in [6.45, 7) is 2.42. The normalized spacial score (nSPS) is 12.9. The number of benzene rings is 2. The standard InChI is InChI=1S/C18H21NO4.ClH/c1-12(18(23)13-5-3-2-4-6-13)19-8-7-17(22)14-9-15(20)11-16(21)10-14;/h2-6,9-12,18-21,23H,7-8H2,1H3;1H. The predicted octanol–water partition coefficient (Wildman–Crippen LogP) is -1.64. The highest BCUT2D eigenvalue weighted by Gasteiger charge is 2.19. The minimum absolute atomic E-state index is 0. The number of carbonyl (C=O) groups is 1. The van der Waals surface area contributed by atoms with Gasteiger partial charge >= 0.3 is 0 Å². The summed E-state index contributed by atoms with van der Waals surface area (Å²) in [7, 11) is 0. The lowest BCUT2D eigenvalue weighted by Crippen LogP contribution is -3.00. The monoisotopic (exact) mass is 351 g/mol. The molecule has 0 amide bonds. The van der Waals surface area contributed by atoms with E-state index in [-0.39, 0.29) is 47.7 Å². The van der Waals surface area contributed by atoms with Crippen molar-refractivity contribution >= 4 is 5.78 Å². The van der Waals surface area contributed by atoms with E-state index in [0.717, 1.165) is 5.56 Å². The number of hydrogen-bond donors (Lipinski definition) is 4. The molecule has 24 heavy (non-hydrogen) atoms. The van der Waals surface area contributed by atoms with Crippen LogP contribution in [0, 0.1) is 0 Å². The Kier molecular flexibility index (Phi) is 7.71. The zero-order valence-electron chi connectivity index (χ0n) is 13.4. The largest absolute Gasteiger partial charge is 1.00 e. The number of Topliss-reactive ketones (excluding diaryl/α,β-unsaturated/α-hetero) is 1. The van der Waals surface area contributed by atoms with Gasteiger partial charge in [-0.05, 0) is 24.6 Å². The van der Waals surface area contributed by atoms with Crippen LogP contribution in [0.25, 0.3) is 0 Å². The maximum absolute atomic E-state index is 12.1. The Morgan fingerprint density at radius 1 is 1.08 bits per heavy atom. The molecular weight excluding hydrogens is 330 g/mol. The molecule has 2 atom stereocenters. The summed E-state index contributed by atoms with van der Waals surface area (Å²) in [5, 5.41) is 31.0. The highest BCUT2D eigenvalue weighted by molar-refractivity contribution is 5.96. The Bertz CT molecular complexity index is 643. The molecule has 0 saturated carbocycles. The lowest BCUT2D eigenvalue weighted by atomic mass is 10.0. The van der Waals surface area contributed by atoms with E-state index in [1.54, 1.807) is 0 Å². The lowest BCUT2D eigenvalue weighted by Gasteiger charge is -2.17. The molecule has 0 aromatic heterocycles. The Labute approximate surface area is 147 Å². The zero-order valence-corrected chi connectivity index (χ0v) is 14.1. The molecule has 5 N–H and O–H groups in total. The fourth-order valence-electron chi connectivity index (χ4n) is 2.46. The number of hydrogen-bond acceptors (Lipinski definition) is 4. The summed E-state index contributed by atoms with van der Waals surface area (Å²) in [5.74, 6) is -0.427. The van der Waals surface area contributed by atoms with Crippen molar-refractivity contribution in [1.29, 1.82) is 0 Å². The van der Waals surface area contributed by atoms with Gasteiger partial charge in [0.05, 0.1) is 13.0 Å². The minimum atomic E-state index is -0.601. The van der Waals surface area contributed by atoms with Gasteiger partial charge in [-0.3, -0.25) is 4.79 Å². The summed E-state index contributed by atoms with van der Waals surface area (Å²) < 4.78 is 0. The van der Waals surface area contributed by atoms with Crippen molar-refractivity contribution in [3.05, 3.63) is 59.7 Å². The first kappa shape index (κ1) is 20.0. The lowest BCUT2D eigenvalue weighted by molar-refractivity contribution is -0.693. The number of rotatable bonds is 7. The molecule has 0 heterocycles. The average molecular weight is 352 g/mol. The highest BCUT2D eigenvalue weighted by atomic mass is 35.5. The number of halogens is 1. The summed E-state index contributed by atoms with van der Waals surface area (Å²) >= 11 is 0. The van der Waals surface area contributed by atoms with Crippen molar-refractivity contribution in [3.8, 4) is 11.5 Å². The first-order chi connectivity index (χ1) is 11.0. The molecular formula is C18H22ClNO4. The van der Waals surface area contributed by atoms with Crippen LogP contribution in [-0.2, 0) is 0 Å². The average Bonchev–Trinajstić information content (AvgIpc) is 2.53. The highest BCUT2D eigenvalue weighted by Crippen LogP contribution is 2.21. The van der Waals surface area contributed by atoms with Crippen LogP contribution < -0.4 is 17.7 Å². The van der Waals surface area contributed by atoms with Crippen LogP contribution in [0.15, 0.2) is 48.5 Å². The van der Waals surface area contributed by atoms with Gasteiger partial charge in [-0.15, -0.1) is 0 Å². The number of ketones is 1. The Morgan fingerprint density at radius 2 is 1.67 bits per heavy atom. The van der Waals surface area contributed by atoms with E-state index >= 15 is 0 Å². The quantitative estimate of drug-likeness (QED) is 0.450. The van der Waals surface area contributed by atoms with Crippen LogP contribution in [0.4, 0.5) is 0 Å². The molecule has 130 valence electrons. The van der Waals surface area contributed by atoms with Crippen molar-refractivity contribution < 1.29 is 37.8 Å². The number of phenols is 2. The number of carbonyl (C=O) groups excluding carboxylic acids is 1. The number of quaternary nitrogens is 1. The third-order valence-electron chi connectivity index (χ3n) is 3.77. The Hall–Kier alpha value is -2.08. The van der Waals surface area contributed by atoms with E-state index in [4.69, 9.17) is 0 Å². The molecule has 0 bridgehead atoms. The number of nitrogens with two attached hydrogens (primary N) is 1. The van der Waals surface area contributed by atoms with Gasteiger partial charge in [0.1, 0.15) is 23.6 Å². The molecule has 0 aliphatic heterocycles. The fourth-order valence-corrected chi connectivity index (χ4v) is 2.46. The van der Waals surface area contributed by atoms with Gasteiger partial charge < -0.3 is 33.0 Å². The van der Waals surface area contributed by atoms with E-state index in [2.05, 4.69) is 0 Å². The van der Waals surface area contributed by atoms with Crippen LogP contribution in [0.3, 0.4) is 0 Å². The van der Waals surface area contributed by atoms with Gasteiger partial charge in [0.15, 0.2) is 5.78 Å². The van der Waals surface area contributed by atoms with E-state index in [1.165, 1.54) is 18.2 Å². The van der Waals surface area contributed by atoms with Crippen molar-refractivity contribution in [3.63, 3.8) is 0 Å². The van der Waals surface area contributed by atoms with Crippen LogP contribution in [0.1, 0.15) is 35.4 Å². The summed E-state index contributed by atoms with van der Waals surface area (Å²) in [4.78, 5) is 12.1. The van der Waals surface area contributed by atoms with E-state index in [1.807, 2.05) is 42.6 Å². The summed E-state index contributed by atoms with van der Waals surface area (Å²) in [5.41, 5.74) is 1.13. The molecule has 0 fully saturated rings. The molecule has 0 spiro atoms. The van der Waals surface area contributed by atoms with Gasteiger partial charge in [0.25, 0.3) is 0 Å². The topological polar surface area (TPSA) is 94.4 Å². The van der Waals surface area contributed by atoms with Gasteiger partial charge in [-0.25, -0.2) is 0 Å². The second-order valence-corrected chi connectivity index (χ2v) is 5.65. The first-order valence-corrected chi connectivity index (χ1v) is 7.60. The molecule has 2 aromatic rings. The summed E-state index contributed by atoms with van der Waals surface area (Å²) in [6, 6.07) is 13.2. The maximum Gasteiger partial charge on any atom is 0.168 e. The number of phenolic OH excluding ortho intramolecular Hbond substituents is 2. The van der Waals surface area contributed by atoms with Gasteiger partial charge in [-0.2, -0.15) is 0 Å². The SMILES string of the molecule is CC([NH2+]CCC(=O)c1cc(O)cc(O)c1)C(O)c1ccccc1.[Cl-]. The molecule has 0 radical (unpaired) electrons. The van der Waals surface area contributed by atoms with Gasteiger partial charge in [-0.1, -0.05) is 30.3 Å². The molecule has 2 aromatic carbocycles. The minimum Gasteiger partial charge on any atom is -1.00 e. The van der Waals surface area contributed by atoms with Gasteiger partial charge in [0, 0.05) is 11.6 Å². The molecule has 6 heteroatoms. The molecule has 5 nitrogen and oxygen atoms in total. The van der Waals surface area contributed by atoms with Crippen LogP contribution >= 0.6 is 0 Å². The van der Waals surface area contributed by atoms with Crippen molar-refractivity contribution in [2.24, 2.45) is 0 Å². The predicted molar refractivity (Wildman–Crippen MR) is 86.4 cm³/mol. The van der Waals surface area contributed by atoms with Crippen LogP contribution in [-0.4, -0.2) is 33.7 Å². The molecule has 0 saturated heterocycles. The molecule has 2 unspecified atom stereocenters. The molecule has 2 rings (SSSR count). The first-order valence-electron chi connectivity index (χ1n) is 7.60. The zero-order chi connectivity index (χ0) is 16.8.